The Morgan fingerprint density at radius 1 is 0.531 bits per heavy atom. The van der Waals surface area contributed by atoms with E-state index in [1.54, 1.807) is 0 Å². The van der Waals surface area contributed by atoms with E-state index in [9.17, 15) is 14.4 Å². The number of nitrogens with zero attached hydrogens (tertiary/aromatic N) is 2. The molecule has 0 aromatic carbocycles. The monoisotopic (exact) mass is 698 g/mol. The molecule has 0 rings (SSSR count). The summed E-state index contributed by atoms with van der Waals surface area (Å²) in [4.78, 5) is 41.9. The van der Waals surface area contributed by atoms with Gasteiger partial charge in [0.2, 0.25) is 0 Å². The van der Waals surface area contributed by atoms with Crippen LogP contribution in [0, 0.1) is 11.8 Å². The summed E-state index contributed by atoms with van der Waals surface area (Å²) in [5.74, 6) is -0.192. The van der Waals surface area contributed by atoms with Crippen LogP contribution in [0.15, 0.2) is 0 Å². The number of unbranched alkanes of at least 4 members (excludes halogenated alkanes) is 9. The van der Waals surface area contributed by atoms with E-state index < -0.39 is 0 Å². The second-order valence-corrected chi connectivity index (χ2v) is 14.9. The van der Waals surface area contributed by atoms with Gasteiger partial charge in [-0.05, 0) is 118 Å². The highest BCUT2D eigenvalue weighted by molar-refractivity contribution is 5.72. The average Bonchev–Trinajstić information content (AvgIpc) is 3.05. The van der Waals surface area contributed by atoms with Crippen LogP contribution in [-0.2, 0) is 23.8 Å². The van der Waals surface area contributed by atoms with Crippen molar-refractivity contribution in [2.24, 2.45) is 11.8 Å². The van der Waals surface area contributed by atoms with Gasteiger partial charge in [0.25, 0.3) is 0 Å². The molecule has 1 amide bonds. The summed E-state index contributed by atoms with van der Waals surface area (Å²) in [5, 5.41) is 2.92. The van der Waals surface area contributed by atoms with Crippen molar-refractivity contribution in [3.8, 4) is 0 Å². The normalized spacial score (nSPS) is 14.0. The first-order chi connectivity index (χ1) is 23.5. The second-order valence-electron chi connectivity index (χ2n) is 14.9. The summed E-state index contributed by atoms with van der Waals surface area (Å²) in [7, 11) is 8.21. The Morgan fingerprint density at radius 3 is 1.53 bits per heavy atom. The van der Waals surface area contributed by atoms with Gasteiger partial charge in [0.05, 0.1) is 18.4 Å². The molecule has 0 saturated heterocycles. The molecule has 0 aliphatic carbocycles. The standard InChI is InChI=1S/C40H79N3O6/c1-9-11-16-24-34(3)38(44)47-33-21-14-13-18-27-37(49-40(46)41-30-23-32-43(7)8)28-20-15-19-26-36(29-22-31-42(5)6)48-39(45)35(4)25-17-12-10-2/h34-37H,9-33H2,1-8H3,(H,41,46). The van der Waals surface area contributed by atoms with Crippen molar-refractivity contribution >= 4 is 18.0 Å². The highest BCUT2D eigenvalue weighted by Crippen LogP contribution is 2.20. The highest BCUT2D eigenvalue weighted by Gasteiger charge is 2.20. The molecule has 290 valence electrons. The van der Waals surface area contributed by atoms with Crippen molar-refractivity contribution in [1.82, 2.24) is 15.1 Å². The Bertz CT molecular complexity index is 809. The predicted molar refractivity (Wildman–Crippen MR) is 203 cm³/mol. The third-order valence-electron chi connectivity index (χ3n) is 9.24. The molecule has 0 saturated carbocycles. The summed E-state index contributed by atoms with van der Waals surface area (Å²) in [6.45, 7) is 11.3. The van der Waals surface area contributed by atoms with Gasteiger partial charge in [-0.3, -0.25) is 9.59 Å². The second kappa shape index (κ2) is 32.1. The third-order valence-corrected chi connectivity index (χ3v) is 9.24. The fourth-order valence-electron chi connectivity index (χ4n) is 5.92. The van der Waals surface area contributed by atoms with E-state index in [2.05, 4.69) is 43.1 Å². The first kappa shape index (κ1) is 47.1. The molecule has 9 heteroatoms. The van der Waals surface area contributed by atoms with Crippen molar-refractivity contribution < 1.29 is 28.6 Å². The van der Waals surface area contributed by atoms with Gasteiger partial charge in [0, 0.05) is 6.54 Å². The van der Waals surface area contributed by atoms with Crippen LogP contribution in [0.1, 0.15) is 163 Å². The Kier molecular flexibility index (Phi) is 30.8. The third kappa shape index (κ3) is 29.6. The van der Waals surface area contributed by atoms with Crippen molar-refractivity contribution in [3.05, 3.63) is 0 Å². The van der Waals surface area contributed by atoms with E-state index in [0.29, 0.717) is 13.2 Å². The van der Waals surface area contributed by atoms with Gasteiger partial charge in [-0.2, -0.15) is 0 Å². The Morgan fingerprint density at radius 2 is 0.980 bits per heavy atom. The van der Waals surface area contributed by atoms with Gasteiger partial charge in [-0.1, -0.05) is 85.5 Å². The Hall–Kier alpha value is -1.87. The van der Waals surface area contributed by atoms with Gasteiger partial charge < -0.3 is 29.3 Å². The van der Waals surface area contributed by atoms with Crippen molar-refractivity contribution in [2.75, 3.05) is 54.4 Å². The van der Waals surface area contributed by atoms with Crippen LogP contribution in [0.5, 0.6) is 0 Å². The van der Waals surface area contributed by atoms with E-state index in [0.717, 1.165) is 148 Å². The van der Waals surface area contributed by atoms with Crippen molar-refractivity contribution in [2.45, 2.75) is 175 Å². The first-order valence-corrected chi connectivity index (χ1v) is 20.1. The van der Waals surface area contributed by atoms with E-state index >= 15 is 0 Å². The molecule has 0 aromatic rings. The summed E-state index contributed by atoms with van der Waals surface area (Å²) in [6, 6.07) is 0. The number of rotatable bonds is 33. The molecule has 1 N–H and O–H groups in total. The largest absolute Gasteiger partial charge is 0.465 e. The number of carbonyl (C=O) groups is 3. The summed E-state index contributed by atoms with van der Waals surface area (Å²) < 4.78 is 17.4. The maximum Gasteiger partial charge on any atom is 0.407 e. The zero-order chi connectivity index (χ0) is 36.7. The molecule has 0 spiro atoms. The van der Waals surface area contributed by atoms with Crippen LogP contribution in [-0.4, -0.2) is 94.5 Å². The molecule has 0 bridgehead atoms. The molecule has 4 atom stereocenters. The molecular weight excluding hydrogens is 618 g/mol. The molecule has 9 nitrogen and oxygen atoms in total. The number of amides is 1. The van der Waals surface area contributed by atoms with Crippen LogP contribution in [0.25, 0.3) is 0 Å². The van der Waals surface area contributed by atoms with Crippen molar-refractivity contribution in [1.29, 1.82) is 0 Å². The number of alkyl carbamates (subject to hydrolysis) is 1. The lowest BCUT2D eigenvalue weighted by Gasteiger charge is -2.22. The zero-order valence-corrected chi connectivity index (χ0v) is 33.3. The molecule has 0 aliphatic rings. The number of ether oxygens (including phenoxy) is 3. The Labute approximate surface area is 302 Å². The summed E-state index contributed by atoms with van der Waals surface area (Å²) in [6.07, 6.45) is 20.2. The lowest BCUT2D eigenvalue weighted by molar-refractivity contribution is -0.154. The van der Waals surface area contributed by atoms with Gasteiger partial charge >= 0.3 is 18.0 Å². The highest BCUT2D eigenvalue weighted by atomic mass is 16.6. The molecule has 0 aliphatic heterocycles. The molecule has 0 radical (unpaired) electrons. The predicted octanol–water partition coefficient (Wildman–Crippen LogP) is 9.16. The number of carbonyl (C=O) groups excluding carboxylic acids is 3. The maximum absolute atomic E-state index is 12.8. The van der Waals surface area contributed by atoms with Crippen LogP contribution in [0.3, 0.4) is 0 Å². The number of hydrogen-bond donors (Lipinski definition) is 1. The van der Waals surface area contributed by atoms with Crippen LogP contribution in [0.4, 0.5) is 4.79 Å². The summed E-state index contributed by atoms with van der Waals surface area (Å²) >= 11 is 0. The SMILES string of the molecule is CCCCCC(C)C(=O)OCCCCCCC(CCCCCC(CCCN(C)C)OC(=O)C(C)CCCCC)OC(=O)NCCCN(C)C. The Balaban J connectivity index is 4.75. The molecule has 4 unspecified atom stereocenters. The quantitative estimate of drug-likeness (QED) is 0.0412. The van der Waals surface area contributed by atoms with E-state index in [1.807, 2.05) is 27.9 Å². The van der Waals surface area contributed by atoms with E-state index in [-0.39, 0.29) is 42.1 Å². The first-order valence-electron chi connectivity index (χ1n) is 20.1. The summed E-state index contributed by atoms with van der Waals surface area (Å²) in [5.41, 5.74) is 0. The molecule has 0 fully saturated rings. The van der Waals surface area contributed by atoms with Crippen LogP contribution < -0.4 is 5.32 Å². The number of esters is 2. The average molecular weight is 698 g/mol. The lowest BCUT2D eigenvalue weighted by Crippen LogP contribution is -2.31. The lowest BCUT2D eigenvalue weighted by atomic mass is 10.0. The van der Waals surface area contributed by atoms with E-state index in [1.165, 1.54) is 0 Å². The molecule has 0 aromatic heterocycles. The number of nitrogens with one attached hydrogen (secondary N) is 1. The maximum atomic E-state index is 12.8. The van der Waals surface area contributed by atoms with Gasteiger partial charge in [-0.15, -0.1) is 0 Å². The number of hydrogen-bond acceptors (Lipinski definition) is 8. The minimum absolute atomic E-state index is 0.0218. The minimum atomic E-state index is -0.329. The van der Waals surface area contributed by atoms with Gasteiger partial charge in [0.1, 0.15) is 12.2 Å². The molecular formula is C40H79N3O6. The van der Waals surface area contributed by atoms with Crippen LogP contribution in [0.2, 0.25) is 0 Å². The fraction of sp³-hybridized carbons (Fsp3) is 0.925. The van der Waals surface area contributed by atoms with Crippen LogP contribution >= 0.6 is 0 Å². The fourth-order valence-corrected chi connectivity index (χ4v) is 5.92. The zero-order valence-electron chi connectivity index (χ0n) is 33.3. The van der Waals surface area contributed by atoms with Gasteiger partial charge in [-0.25, -0.2) is 4.79 Å². The van der Waals surface area contributed by atoms with E-state index in [4.69, 9.17) is 14.2 Å². The molecule has 49 heavy (non-hydrogen) atoms. The topological polar surface area (TPSA) is 97.4 Å². The van der Waals surface area contributed by atoms with Gasteiger partial charge in [0.15, 0.2) is 0 Å². The minimum Gasteiger partial charge on any atom is -0.465 e. The molecule has 0 heterocycles. The van der Waals surface area contributed by atoms with Crippen molar-refractivity contribution in [3.63, 3.8) is 0 Å². The smallest absolute Gasteiger partial charge is 0.407 e.